The summed E-state index contributed by atoms with van der Waals surface area (Å²) in [5, 5.41) is 0.0887. The second-order valence-electron chi connectivity index (χ2n) is 5.02. The average molecular weight is 289 g/mol. The van der Waals surface area contributed by atoms with Crippen LogP contribution in [0.2, 0.25) is 0 Å². The molecule has 0 aliphatic carbocycles. The van der Waals surface area contributed by atoms with Crippen LogP contribution in [0.25, 0.3) is 0 Å². The molecule has 104 valence electrons. The van der Waals surface area contributed by atoms with Crippen molar-refractivity contribution in [1.82, 2.24) is 0 Å². The summed E-state index contributed by atoms with van der Waals surface area (Å²) in [6.07, 6.45) is 1.65. The maximum atomic E-state index is 6.45. The maximum absolute atomic E-state index is 6.45. The Morgan fingerprint density at radius 1 is 1.10 bits per heavy atom. The highest BCUT2D eigenvalue weighted by Crippen LogP contribution is 2.35. The number of ether oxygens (including phenoxy) is 2. The predicted octanol–water partition coefficient (Wildman–Crippen LogP) is 4.37. The third-order valence-electron chi connectivity index (χ3n) is 3.64. The minimum atomic E-state index is -0.00736. The largest absolute Gasteiger partial charge is 0.497 e. The van der Waals surface area contributed by atoms with Gasteiger partial charge in [-0.05, 0) is 35.7 Å². The summed E-state index contributed by atoms with van der Waals surface area (Å²) in [4.78, 5) is 0. The van der Waals surface area contributed by atoms with E-state index in [0.717, 1.165) is 29.9 Å². The van der Waals surface area contributed by atoms with Crippen LogP contribution < -0.4 is 9.47 Å². The summed E-state index contributed by atoms with van der Waals surface area (Å²) < 4.78 is 11.4. The zero-order valence-electron chi connectivity index (χ0n) is 11.4. The van der Waals surface area contributed by atoms with E-state index in [9.17, 15) is 0 Å². The van der Waals surface area contributed by atoms with Gasteiger partial charge in [-0.3, -0.25) is 0 Å². The summed E-state index contributed by atoms with van der Waals surface area (Å²) >= 11 is 6.45. The Hall–Kier alpha value is -1.67. The Balaban J connectivity index is 1.89. The van der Waals surface area contributed by atoms with Crippen LogP contribution in [0.3, 0.4) is 0 Å². The number of alkyl halides is 1. The molecule has 1 aliphatic heterocycles. The molecule has 2 aromatic carbocycles. The number of benzene rings is 2. The number of fused-ring (bicyclic) bond motifs is 1. The zero-order chi connectivity index (χ0) is 13.9. The molecular formula is C17H17ClO2. The second kappa shape index (κ2) is 5.76. The van der Waals surface area contributed by atoms with Crippen LogP contribution in [-0.2, 0) is 6.42 Å². The van der Waals surface area contributed by atoms with Crippen LogP contribution in [0.15, 0.2) is 48.5 Å². The average Bonchev–Trinajstić information content (AvgIpc) is 2.65. The molecule has 1 heterocycles. The molecule has 0 fully saturated rings. The van der Waals surface area contributed by atoms with Crippen LogP contribution in [-0.4, -0.2) is 12.5 Å². The van der Waals surface area contributed by atoms with E-state index in [1.807, 2.05) is 42.5 Å². The van der Waals surface area contributed by atoms with Crippen molar-refractivity contribution >= 4 is 11.6 Å². The summed E-state index contributed by atoms with van der Waals surface area (Å²) in [5.74, 6) is 1.79. The summed E-state index contributed by atoms with van der Waals surface area (Å²) in [7, 11) is 1.67. The third-order valence-corrected chi connectivity index (χ3v) is 3.97. The SMILES string of the molecule is COc1ccc([C@H]2C[C@H](Cl)Cc3ccccc3O2)cc1. The van der Waals surface area contributed by atoms with Gasteiger partial charge in [0.15, 0.2) is 0 Å². The van der Waals surface area contributed by atoms with Gasteiger partial charge in [0.25, 0.3) is 0 Å². The van der Waals surface area contributed by atoms with Crippen molar-refractivity contribution in [3.63, 3.8) is 0 Å². The molecule has 0 bridgehead atoms. The van der Waals surface area contributed by atoms with Crippen molar-refractivity contribution in [1.29, 1.82) is 0 Å². The van der Waals surface area contributed by atoms with Gasteiger partial charge in [0.05, 0.1) is 7.11 Å². The second-order valence-corrected chi connectivity index (χ2v) is 5.64. The van der Waals surface area contributed by atoms with Crippen LogP contribution in [0, 0.1) is 0 Å². The van der Waals surface area contributed by atoms with E-state index < -0.39 is 0 Å². The van der Waals surface area contributed by atoms with Crippen molar-refractivity contribution in [3.8, 4) is 11.5 Å². The fraction of sp³-hybridized carbons (Fsp3) is 0.294. The molecule has 0 N–H and O–H groups in total. The minimum Gasteiger partial charge on any atom is -0.497 e. The van der Waals surface area contributed by atoms with E-state index >= 15 is 0 Å². The fourth-order valence-electron chi connectivity index (χ4n) is 2.57. The van der Waals surface area contributed by atoms with Gasteiger partial charge in [0.1, 0.15) is 17.6 Å². The Bertz CT molecular complexity index is 580. The summed E-state index contributed by atoms with van der Waals surface area (Å²) in [5.41, 5.74) is 2.32. The lowest BCUT2D eigenvalue weighted by Crippen LogP contribution is -2.11. The Morgan fingerprint density at radius 2 is 1.85 bits per heavy atom. The van der Waals surface area contributed by atoms with Crippen molar-refractivity contribution < 1.29 is 9.47 Å². The number of rotatable bonds is 2. The highest BCUT2D eigenvalue weighted by Gasteiger charge is 2.24. The van der Waals surface area contributed by atoms with Crippen LogP contribution in [0.4, 0.5) is 0 Å². The molecule has 0 saturated heterocycles. The molecule has 3 heteroatoms. The molecule has 3 rings (SSSR count). The standard InChI is InChI=1S/C17H17ClO2/c1-19-15-8-6-12(7-9-15)17-11-14(18)10-13-4-2-3-5-16(13)20-17/h2-9,14,17H,10-11H2,1H3/t14-,17-/m1/s1. The molecule has 2 atom stereocenters. The molecule has 0 radical (unpaired) electrons. The van der Waals surface area contributed by atoms with Crippen molar-refractivity contribution in [2.45, 2.75) is 24.3 Å². The number of halogens is 1. The quantitative estimate of drug-likeness (QED) is 0.764. The molecule has 2 aromatic rings. The van der Waals surface area contributed by atoms with E-state index in [1.54, 1.807) is 7.11 Å². The minimum absolute atomic E-state index is 0.00736. The van der Waals surface area contributed by atoms with Crippen LogP contribution in [0.1, 0.15) is 23.7 Å². The first kappa shape index (κ1) is 13.3. The molecule has 0 aromatic heterocycles. The smallest absolute Gasteiger partial charge is 0.125 e. The molecule has 0 amide bonds. The first-order valence-electron chi connectivity index (χ1n) is 6.79. The molecule has 0 unspecified atom stereocenters. The topological polar surface area (TPSA) is 18.5 Å². The van der Waals surface area contributed by atoms with Crippen LogP contribution >= 0.6 is 11.6 Å². The number of para-hydroxylation sites is 1. The highest BCUT2D eigenvalue weighted by atomic mass is 35.5. The van der Waals surface area contributed by atoms with E-state index in [1.165, 1.54) is 5.56 Å². The van der Waals surface area contributed by atoms with Gasteiger partial charge in [0, 0.05) is 11.8 Å². The normalized spacial score (nSPS) is 21.5. The highest BCUT2D eigenvalue weighted by molar-refractivity contribution is 6.20. The molecule has 0 saturated carbocycles. The van der Waals surface area contributed by atoms with Crippen molar-refractivity contribution in [3.05, 3.63) is 59.7 Å². The van der Waals surface area contributed by atoms with E-state index in [-0.39, 0.29) is 11.5 Å². The van der Waals surface area contributed by atoms with Gasteiger partial charge in [-0.15, -0.1) is 11.6 Å². The first-order valence-corrected chi connectivity index (χ1v) is 7.22. The molecule has 1 aliphatic rings. The van der Waals surface area contributed by atoms with Gasteiger partial charge in [-0.2, -0.15) is 0 Å². The van der Waals surface area contributed by atoms with E-state index in [0.29, 0.717) is 0 Å². The summed E-state index contributed by atoms with van der Waals surface area (Å²) in [6, 6.07) is 16.1. The van der Waals surface area contributed by atoms with Crippen molar-refractivity contribution in [2.24, 2.45) is 0 Å². The van der Waals surface area contributed by atoms with Crippen LogP contribution in [0.5, 0.6) is 11.5 Å². The summed E-state index contributed by atoms with van der Waals surface area (Å²) in [6.45, 7) is 0. The van der Waals surface area contributed by atoms with Gasteiger partial charge < -0.3 is 9.47 Å². The molecule has 20 heavy (non-hydrogen) atoms. The van der Waals surface area contributed by atoms with E-state index in [2.05, 4.69) is 6.07 Å². The molecule has 2 nitrogen and oxygen atoms in total. The lowest BCUT2D eigenvalue weighted by atomic mass is 10.0. The van der Waals surface area contributed by atoms with Gasteiger partial charge >= 0.3 is 0 Å². The van der Waals surface area contributed by atoms with Gasteiger partial charge in [0.2, 0.25) is 0 Å². The number of hydrogen-bond donors (Lipinski definition) is 0. The van der Waals surface area contributed by atoms with E-state index in [4.69, 9.17) is 21.1 Å². The fourth-order valence-corrected chi connectivity index (χ4v) is 2.89. The lowest BCUT2D eigenvalue weighted by molar-refractivity contribution is 0.201. The first-order chi connectivity index (χ1) is 9.76. The molecular weight excluding hydrogens is 272 g/mol. The number of hydrogen-bond acceptors (Lipinski definition) is 2. The predicted molar refractivity (Wildman–Crippen MR) is 80.8 cm³/mol. The van der Waals surface area contributed by atoms with Crippen molar-refractivity contribution in [2.75, 3.05) is 7.11 Å². The number of methoxy groups -OCH3 is 1. The third kappa shape index (κ3) is 2.75. The Kier molecular flexibility index (Phi) is 3.83. The zero-order valence-corrected chi connectivity index (χ0v) is 12.1. The Labute approximate surface area is 124 Å². The lowest BCUT2D eigenvalue weighted by Gasteiger charge is -2.19. The molecule has 0 spiro atoms. The Morgan fingerprint density at radius 3 is 2.60 bits per heavy atom. The maximum Gasteiger partial charge on any atom is 0.125 e. The van der Waals surface area contributed by atoms with Gasteiger partial charge in [-0.1, -0.05) is 30.3 Å². The van der Waals surface area contributed by atoms with Gasteiger partial charge in [-0.25, -0.2) is 0 Å². The monoisotopic (exact) mass is 288 g/mol.